The summed E-state index contributed by atoms with van der Waals surface area (Å²) in [6.07, 6.45) is 1.45. The van der Waals surface area contributed by atoms with Crippen molar-refractivity contribution in [1.29, 1.82) is 0 Å². The fourth-order valence-corrected chi connectivity index (χ4v) is 5.51. The molecule has 0 aliphatic carbocycles. The summed E-state index contributed by atoms with van der Waals surface area (Å²) in [6, 6.07) is 25.5. The fraction of sp³-hybridized carbons (Fsp3) is 0.161. The number of methoxy groups -OCH3 is 2. The van der Waals surface area contributed by atoms with E-state index in [1.807, 2.05) is 25.1 Å². The van der Waals surface area contributed by atoms with Crippen LogP contribution in [-0.2, 0) is 21.4 Å². The standard InChI is InChI=1S/C31H30ClN3O6S/c1-22-8-15-27(16-9-22)42(37,38)35(25-12-17-29(39-2)30(18-25)40-3)20-31(36)34-33-19-23-10-13-26(14-11-23)41-21-24-6-4-5-7-28(24)32/h4-19H,20-21H2,1-3H3,(H,34,36)/b33-19-. The van der Waals surface area contributed by atoms with Crippen molar-refractivity contribution in [1.82, 2.24) is 5.43 Å². The summed E-state index contributed by atoms with van der Waals surface area (Å²) in [7, 11) is -1.20. The number of rotatable bonds is 12. The number of hydrogen-bond acceptors (Lipinski definition) is 7. The zero-order chi connectivity index (χ0) is 30.1. The summed E-state index contributed by atoms with van der Waals surface area (Å²) in [5.41, 5.74) is 5.10. The average molecular weight is 608 g/mol. The average Bonchev–Trinajstić information content (AvgIpc) is 3.00. The van der Waals surface area contributed by atoms with Crippen LogP contribution in [0.2, 0.25) is 5.02 Å². The second-order valence-electron chi connectivity index (χ2n) is 9.11. The van der Waals surface area contributed by atoms with Gasteiger partial charge in [-0.2, -0.15) is 5.10 Å². The Bertz CT molecular complexity index is 1660. The number of amides is 1. The Hall–Kier alpha value is -4.54. The maximum Gasteiger partial charge on any atom is 0.264 e. The molecule has 1 amide bonds. The molecule has 0 unspecified atom stereocenters. The van der Waals surface area contributed by atoms with Gasteiger partial charge in [0, 0.05) is 16.7 Å². The monoisotopic (exact) mass is 607 g/mol. The Balaban J connectivity index is 1.46. The van der Waals surface area contributed by atoms with Gasteiger partial charge in [0.1, 0.15) is 18.9 Å². The number of carbonyl (C=O) groups is 1. The minimum atomic E-state index is -4.12. The molecule has 0 aliphatic rings. The van der Waals surface area contributed by atoms with E-state index in [2.05, 4.69) is 10.5 Å². The molecule has 1 N–H and O–H groups in total. The number of nitrogens with zero attached hydrogens (tertiary/aromatic N) is 2. The van der Waals surface area contributed by atoms with Gasteiger partial charge in [0.2, 0.25) is 0 Å². The normalized spacial score (nSPS) is 11.2. The van der Waals surface area contributed by atoms with E-state index in [0.29, 0.717) is 34.4 Å². The number of hydrogen-bond donors (Lipinski definition) is 1. The Labute approximate surface area is 250 Å². The van der Waals surface area contributed by atoms with Crippen molar-refractivity contribution >= 4 is 39.4 Å². The Kier molecular flexibility index (Phi) is 10.1. The third-order valence-corrected chi connectivity index (χ3v) is 8.34. The van der Waals surface area contributed by atoms with Gasteiger partial charge in [-0.15, -0.1) is 0 Å². The largest absolute Gasteiger partial charge is 0.493 e. The highest BCUT2D eigenvalue weighted by atomic mass is 35.5. The minimum absolute atomic E-state index is 0.0380. The van der Waals surface area contributed by atoms with Crippen molar-refractivity contribution in [2.24, 2.45) is 5.10 Å². The van der Waals surface area contributed by atoms with Gasteiger partial charge < -0.3 is 14.2 Å². The van der Waals surface area contributed by atoms with Crippen LogP contribution >= 0.6 is 11.6 Å². The van der Waals surface area contributed by atoms with Crippen molar-refractivity contribution in [3.8, 4) is 17.2 Å². The van der Waals surface area contributed by atoms with Gasteiger partial charge in [-0.3, -0.25) is 9.10 Å². The molecular weight excluding hydrogens is 578 g/mol. The molecule has 0 heterocycles. The number of anilines is 1. The van der Waals surface area contributed by atoms with Crippen LogP contribution in [0.5, 0.6) is 17.2 Å². The number of nitrogens with one attached hydrogen (secondary N) is 1. The zero-order valence-electron chi connectivity index (χ0n) is 23.3. The maximum atomic E-state index is 13.6. The Morgan fingerprint density at radius 1 is 0.929 bits per heavy atom. The highest BCUT2D eigenvalue weighted by molar-refractivity contribution is 7.92. The third kappa shape index (κ3) is 7.59. The van der Waals surface area contributed by atoms with E-state index in [1.54, 1.807) is 54.6 Å². The molecule has 218 valence electrons. The third-order valence-electron chi connectivity index (χ3n) is 6.19. The summed E-state index contributed by atoms with van der Waals surface area (Å²) in [4.78, 5) is 12.9. The van der Waals surface area contributed by atoms with Gasteiger partial charge in [-0.1, -0.05) is 47.5 Å². The van der Waals surface area contributed by atoms with Crippen LogP contribution in [-0.4, -0.2) is 41.3 Å². The lowest BCUT2D eigenvalue weighted by molar-refractivity contribution is -0.119. The quantitative estimate of drug-likeness (QED) is 0.166. The van der Waals surface area contributed by atoms with Crippen LogP contribution in [0.4, 0.5) is 5.69 Å². The topological polar surface area (TPSA) is 107 Å². The number of carbonyl (C=O) groups excluding carboxylic acids is 1. The lowest BCUT2D eigenvalue weighted by Crippen LogP contribution is -2.39. The number of benzene rings is 4. The lowest BCUT2D eigenvalue weighted by atomic mass is 10.2. The van der Waals surface area contributed by atoms with Crippen LogP contribution < -0.4 is 23.9 Å². The van der Waals surface area contributed by atoms with Gasteiger partial charge in [0.05, 0.1) is 31.0 Å². The second kappa shape index (κ2) is 13.9. The molecule has 42 heavy (non-hydrogen) atoms. The van der Waals surface area contributed by atoms with Crippen LogP contribution in [0, 0.1) is 6.92 Å². The molecule has 0 fully saturated rings. The lowest BCUT2D eigenvalue weighted by Gasteiger charge is -2.24. The fourth-order valence-electron chi connectivity index (χ4n) is 3.90. The highest BCUT2D eigenvalue weighted by Crippen LogP contribution is 2.33. The van der Waals surface area contributed by atoms with Crippen molar-refractivity contribution in [3.05, 3.63) is 113 Å². The molecule has 9 nitrogen and oxygen atoms in total. The number of hydrazone groups is 1. The van der Waals surface area contributed by atoms with Gasteiger partial charge in [-0.05, 0) is 67.1 Å². The number of ether oxygens (including phenoxy) is 3. The summed E-state index contributed by atoms with van der Waals surface area (Å²) >= 11 is 6.17. The van der Waals surface area contributed by atoms with Gasteiger partial charge in [0.25, 0.3) is 15.9 Å². The minimum Gasteiger partial charge on any atom is -0.493 e. The molecule has 0 spiro atoms. The number of halogens is 1. The van der Waals surface area contributed by atoms with E-state index in [9.17, 15) is 13.2 Å². The van der Waals surface area contributed by atoms with Gasteiger partial charge in [0.15, 0.2) is 11.5 Å². The van der Waals surface area contributed by atoms with Crippen LogP contribution in [0.1, 0.15) is 16.7 Å². The van der Waals surface area contributed by atoms with Crippen molar-refractivity contribution < 1.29 is 27.4 Å². The molecule has 11 heteroatoms. The molecule has 0 radical (unpaired) electrons. The van der Waals surface area contributed by atoms with E-state index in [4.69, 9.17) is 25.8 Å². The van der Waals surface area contributed by atoms with Crippen LogP contribution in [0.15, 0.2) is 101 Å². The zero-order valence-corrected chi connectivity index (χ0v) is 24.9. The van der Waals surface area contributed by atoms with E-state index < -0.39 is 22.5 Å². The molecule has 0 atom stereocenters. The molecule has 4 rings (SSSR count). The molecular formula is C31H30ClN3O6S. The van der Waals surface area contributed by atoms with Gasteiger partial charge >= 0.3 is 0 Å². The maximum absolute atomic E-state index is 13.6. The molecule has 4 aromatic rings. The van der Waals surface area contributed by atoms with Crippen LogP contribution in [0.25, 0.3) is 0 Å². The molecule has 0 bridgehead atoms. The predicted molar refractivity (Wildman–Crippen MR) is 163 cm³/mol. The smallest absolute Gasteiger partial charge is 0.264 e. The first-order valence-electron chi connectivity index (χ1n) is 12.8. The summed E-state index contributed by atoms with van der Waals surface area (Å²) in [5.74, 6) is 0.736. The van der Waals surface area contributed by atoms with Crippen molar-refractivity contribution in [2.75, 3.05) is 25.1 Å². The SMILES string of the molecule is COc1ccc(N(CC(=O)N/N=C\c2ccc(OCc3ccccc3Cl)cc2)S(=O)(=O)c2ccc(C)cc2)cc1OC. The van der Waals surface area contributed by atoms with E-state index in [-0.39, 0.29) is 10.6 Å². The number of aryl methyl sites for hydroxylation is 1. The van der Waals surface area contributed by atoms with Crippen LogP contribution in [0.3, 0.4) is 0 Å². The molecule has 0 aliphatic heterocycles. The van der Waals surface area contributed by atoms with E-state index in [0.717, 1.165) is 15.4 Å². The first-order valence-corrected chi connectivity index (χ1v) is 14.6. The first-order chi connectivity index (χ1) is 20.2. The molecule has 0 saturated heterocycles. The predicted octanol–water partition coefficient (Wildman–Crippen LogP) is 5.59. The second-order valence-corrected chi connectivity index (χ2v) is 11.4. The van der Waals surface area contributed by atoms with Crippen molar-refractivity contribution in [3.63, 3.8) is 0 Å². The highest BCUT2D eigenvalue weighted by Gasteiger charge is 2.28. The number of sulfonamides is 1. The van der Waals surface area contributed by atoms with E-state index in [1.165, 1.54) is 38.6 Å². The Morgan fingerprint density at radius 3 is 2.29 bits per heavy atom. The van der Waals surface area contributed by atoms with E-state index >= 15 is 0 Å². The van der Waals surface area contributed by atoms with Gasteiger partial charge in [-0.25, -0.2) is 13.8 Å². The molecule has 0 saturated carbocycles. The summed E-state index contributed by atoms with van der Waals surface area (Å²) < 4.78 is 44.7. The summed E-state index contributed by atoms with van der Waals surface area (Å²) in [5, 5.41) is 4.63. The first kappa shape index (κ1) is 30.4. The summed E-state index contributed by atoms with van der Waals surface area (Å²) in [6.45, 7) is 1.65. The molecule has 0 aromatic heterocycles. The van der Waals surface area contributed by atoms with Crippen molar-refractivity contribution in [2.45, 2.75) is 18.4 Å². The molecule has 4 aromatic carbocycles. The Morgan fingerprint density at radius 2 is 1.62 bits per heavy atom.